The van der Waals surface area contributed by atoms with Crippen LogP contribution in [0.25, 0.3) is 11.0 Å². The highest BCUT2D eigenvalue weighted by molar-refractivity contribution is 5.74. The molecule has 3 rings (SSSR count). The average Bonchev–Trinajstić information content (AvgIpc) is 2.98. The van der Waals surface area contributed by atoms with Crippen LogP contribution < -0.4 is 4.74 Å². The maximum atomic E-state index is 10.3. The summed E-state index contributed by atoms with van der Waals surface area (Å²) >= 11 is 0. The molecule has 1 N–H and O–H groups in total. The normalized spacial score (nSPS) is 12.2. The van der Waals surface area contributed by atoms with E-state index in [4.69, 9.17) is 4.74 Å². The lowest BCUT2D eigenvalue weighted by Crippen LogP contribution is -2.23. The Hall–Kier alpha value is -2.59. The lowest BCUT2D eigenvalue weighted by atomic mass is 10.1. The Morgan fingerprint density at radius 1 is 1.29 bits per heavy atom. The molecule has 4 heteroatoms. The van der Waals surface area contributed by atoms with E-state index >= 15 is 0 Å². The van der Waals surface area contributed by atoms with E-state index in [9.17, 15) is 5.11 Å². The molecular formula is C20H22N2O2. The molecule has 3 aromatic rings. The lowest BCUT2D eigenvalue weighted by Gasteiger charge is -2.16. The Labute approximate surface area is 142 Å². The molecule has 0 saturated heterocycles. The zero-order valence-electron chi connectivity index (χ0n) is 13.9. The number of nitrogens with zero attached hydrogens (tertiary/aromatic N) is 2. The van der Waals surface area contributed by atoms with Crippen LogP contribution in [0.4, 0.5) is 0 Å². The van der Waals surface area contributed by atoms with Crippen LogP contribution in [0.5, 0.6) is 5.75 Å². The van der Waals surface area contributed by atoms with Gasteiger partial charge in [-0.15, -0.1) is 6.58 Å². The molecule has 1 aromatic heterocycles. The molecule has 0 bridgehead atoms. The monoisotopic (exact) mass is 322 g/mol. The van der Waals surface area contributed by atoms with Crippen molar-refractivity contribution in [2.45, 2.75) is 26.0 Å². The van der Waals surface area contributed by atoms with Crippen LogP contribution in [0.2, 0.25) is 0 Å². The van der Waals surface area contributed by atoms with E-state index in [-0.39, 0.29) is 6.61 Å². The van der Waals surface area contributed by atoms with Crippen molar-refractivity contribution in [1.29, 1.82) is 0 Å². The summed E-state index contributed by atoms with van der Waals surface area (Å²) in [4.78, 5) is 4.34. The largest absolute Gasteiger partial charge is 0.491 e. The van der Waals surface area contributed by atoms with Gasteiger partial charge < -0.3 is 14.4 Å². The minimum Gasteiger partial charge on any atom is -0.491 e. The first-order valence-electron chi connectivity index (χ1n) is 8.08. The van der Waals surface area contributed by atoms with Crippen LogP contribution in [0.1, 0.15) is 11.1 Å². The van der Waals surface area contributed by atoms with E-state index in [1.54, 1.807) is 6.33 Å². The van der Waals surface area contributed by atoms with E-state index in [1.807, 2.05) is 47.0 Å². The van der Waals surface area contributed by atoms with Gasteiger partial charge in [-0.1, -0.05) is 35.9 Å². The molecule has 0 aliphatic rings. The topological polar surface area (TPSA) is 47.3 Å². The first kappa shape index (κ1) is 16.3. The summed E-state index contributed by atoms with van der Waals surface area (Å²) in [5.74, 6) is 0.801. The van der Waals surface area contributed by atoms with Gasteiger partial charge in [0.2, 0.25) is 0 Å². The van der Waals surface area contributed by atoms with Crippen molar-refractivity contribution in [2.24, 2.45) is 0 Å². The molecule has 1 atom stereocenters. The second kappa shape index (κ2) is 7.32. The van der Waals surface area contributed by atoms with Crippen molar-refractivity contribution >= 4 is 11.0 Å². The Morgan fingerprint density at radius 3 is 2.96 bits per heavy atom. The number of aromatic nitrogens is 2. The zero-order chi connectivity index (χ0) is 16.9. The van der Waals surface area contributed by atoms with Gasteiger partial charge in [0, 0.05) is 0 Å². The highest BCUT2D eigenvalue weighted by atomic mass is 16.5. The predicted octanol–water partition coefficient (Wildman–Crippen LogP) is 3.51. The number of hydrogen-bond donors (Lipinski definition) is 1. The fourth-order valence-electron chi connectivity index (χ4n) is 2.79. The van der Waals surface area contributed by atoms with Crippen LogP contribution in [0.3, 0.4) is 0 Å². The van der Waals surface area contributed by atoms with Gasteiger partial charge in [0.1, 0.15) is 18.5 Å². The summed E-state index contributed by atoms with van der Waals surface area (Å²) in [6.45, 7) is 6.52. The van der Waals surface area contributed by atoms with E-state index < -0.39 is 6.10 Å². The van der Waals surface area contributed by atoms with Crippen molar-refractivity contribution in [2.75, 3.05) is 6.61 Å². The molecule has 124 valence electrons. The van der Waals surface area contributed by atoms with Crippen LogP contribution in [0.15, 0.2) is 61.4 Å². The average molecular weight is 322 g/mol. The van der Waals surface area contributed by atoms with Gasteiger partial charge in [0.05, 0.1) is 23.9 Å². The molecule has 0 radical (unpaired) electrons. The highest BCUT2D eigenvalue weighted by Gasteiger charge is 2.11. The number of imidazole rings is 1. The maximum Gasteiger partial charge on any atom is 0.122 e. The number of hydrogen-bond acceptors (Lipinski definition) is 3. The van der Waals surface area contributed by atoms with Gasteiger partial charge in [0.15, 0.2) is 0 Å². The number of allylic oxidation sites excluding steroid dienone is 1. The van der Waals surface area contributed by atoms with E-state index in [0.717, 1.165) is 28.8 Å². The number of aryl methyl sites for hydroxylation is 1. The number of fused-ring (bicyclic) bond motifs is 1. The SMILES string of the molecule is C=CCc1cc(C)ccc1OC[C@H](O)Cn1cnc2ccccc21. The number of benzene rings is 2. The van der Waals surface area contributed by atoms with E-state index in [1.165, 1.54) is 5.56 Å². The number of aliphatic hydroxyl groups is 1. The first-order chi connectivity index (χ1) is 11.7. The van der Waals surface area contributed by atoms with Crippen LogP contribution in [-0.4, -0.2) is 27.4 Å². The molecule has 0 saturated carbocycles. The van der Waals surface area contributed by atoms with Crippen LogP contribution in [-0.2, 0) is 13.0 Å². The summed E-state index contributed by atoms with van der Waals surface area (Å²) in [6.07, 6.45) is 3.75. The van der Waals surface area contributed by atoms with E-state index in [0.29, 0.717) is 6.54 Å². The molecule has 0 spiro atoms. The Balaban J connectivity index is 1.65. The van der Waals surface area contributed by atoms with Gasteiger partial charge >= 0.3 is 0 Å². The number of aliphatic hydroxyl groups excluding tert-OH is 1. The third kappa shape index (κ3) is 3.66. The van der Waals surface area contributed by atoms with Gasteiger partial charge in [-0.25, -0.2) is 4.98 Å². The molecule has 4 nitrogen and oxygen atoms in total. The fraction of sp³-hybridized carbons (Fsp3) is 0.250. The molecule has 0 unspecified atom stereocenters. The summed E-state index contributed by atoms with van der Waals surface area (Å²) < 4.78 is 7.78. The molecule has 24 heavy (non-hydrogen) atoms. The molecule has 0 aliphatic heterocycles. The molecule has 0 aliphatic carbocycles. The van der Waals surface area contributed by atoms with Crippen molar-refractivity contribution < 1.29 is 9.84 Å². The number of ether oxygens (including phenoxy) is 1. The van der Waals surface area contributed by atoms with Crippen molar-refractivity contribution in [1.82, 2.24) is 9.55 Å². The minimum atomic E-state index is -0.611. The second-order valence-corrected chi connectivity index (χ2v) is 5.95. The van der Waals surface area contributed by atoms with Gasteiger partial charge in [0.25, 0.3) is 0 Å². The number of rotatable bonds is 7. The highest BCUT2D eigenvalue weighted by Crippen LogP contribution is 2.21. The lowest BCUT2D eigenvalue weighted by molar-refractivity contribution is 0.0930. The third-order valence-corrected chi connectivity index (χ3v) is 3.95. The van der Waals surface area contributed by atoms with Crippen molar-refractivity contribution in [3.05, 3.63) is 72.6 Å². The minimum absolute atomic E-state index is 0.236. The standard InChI is InChI=1S/C20H22N2O2/c1-3-6-16-11-15(2)9-10-20(16)24-13-17(23)12-22-14-21-18-7-4-5-8-19(18)22/h3-5,7-11,14,17,23H,1,6,12-13H2,2H3/t17-/m1/s1. The molecular weight excluding hydrogens is 300 g/mol. The Morgan fingerprint density at radius 2 is 2.12 bits per heavy atom. The van der Waals surface area contributed by atoms with Gasteiger partial charge in [-0.05, 0) is 37.1 Å². The summed E-state index contributed by atoms with van der Waals surface area (Å²) in [5.41, 5.74) is 4.21. The molecule has 2 aromatic carbocycles. The molecule has 0 fully saturated rings. The third-order valence-electron chi connectivity index (χ3n) is 3.95. The maximum absolute atomic E-state index is 10.3. The van der Waals surface area contributed by atoms with Crippen LogP contribution >= 0.6 is 0 Å². The summed E-state index contributed by atoms with van der Waals surface area (Å²) in [5, 5.41) is 10.3. The van der Waals surface area contributed by atoms with E-state index in [2.05, 4.69) is 24.6 Å². The second-order valence-electron chi connectivity index (χ2n) is 5.95. The Bertz CT molecular complexity index is 839. The summed E-state index contributed by atoms with van der Waals surface area (Å²) in [7, 11) is 0. The van der Waals surface area contributed by atoms with Gasteiger partial charge in [-0.3, -0.25) is 0 Å². The first-order valence-corrected chi connectivity index (χ1v) is 8.08. The van der Waals surface area contributed by atoms with Crippen molar-refractivity contribution in [3.63, 3.8) is 0 Å². The predicted molar refractivity (Wildman–Crippen MR) is 96.3 cm³/mol. The van der Waals surface area contributed by atoms with Gasteiger partial charge in [-0.2, -0.15) is 0 Å². The number of para-hydroxylation sites is 2. The van der Waals surface area contributed by atoms with Crippen molar-refractivity contribution in [3.8, 4) is 5.75 Å². The molecule has 0 amide bonds. The quantitative estimate of drug-likeness (QED) is 0.677. The smallest absolute Gasteiger partial charge is 0.122 e. The summed E-state index contributed by atoms with van der Waals surface area (Å²) in [6, 6.07) is 13.9. The Kier molecular flexibility index (Phi) is 4.96. The van der Waals surface area contributed by atoms with Crippen LogP contribution in [0, 0.1) is 6.92 Å². The zero-order valence-corrected chi connectivity index (χ0v) is 13.9. The fourth-order valence-corrected chi connectivity index (χ4v) is 2.79. The molecule has 1 heterocycles.